The highest BCUT2D eigenvalue weighted by molar-refractivity contribution is 6.31. The lowest BCUT2D eigenvalue weighted by Gasteiger charge is -2.32. The number of carbonyl (C=O) groups excluding carboxylic acids is 1. The number of amides is 1. The molecule has 1 aromatic heterocycles. The summed E-state index contributed by atoms with van der Waals surface area (Å²) in [6, 6.07) is 6.99. The van der Waals surface area contributed by atoms with Crippen molar-refractivity contribution in [3.63, 3.8) is 0 Å². The molecule has 134 valence electrons. The fraction of sp³-hybridized carbons (Fsp3) is 0.333. The lowest BCUT2D eigenvalue weighted by molar-refractivity contribution is 0.0734. The monoisotopic (exact) mass is 390 g/mol. The molecule has 0 aliphatic heterocycles. The van der Waals surface area contributed by atoms with E-state index in [1.165, 1.54) is 23.1 Å². The average Bonchev–Trinajstić information content (AvgIpc) is 2.68. The van der Waals surface area contributed by atoms with Crippen molar-refractivity contribution in [1.82, 2.24) is 14.4 Å². The van der Waals surface area contributed by atoms with Gasteiger partial charge >= 0.3 is 0 Å². The first-order valence-electron chi connectivity index (χ1n) is 8.19. The SMILES string of the molecule is N#Cc1ccc(OC2CCC(N(Cl)C(=O)c3cncnc3)CC2)cc1Cl. The van der Waals surface area contributed by atoms with Gasteiger partial charge in [0.15, 0.2) is 0 Å². The number of rotatable bonds is 4. The van der Waals surface area contributed by atoms with Crippen LogP contribution in [0.1, 0.15) is 41.6 Å². The van der Waals surface area contributed by atoms with Gasteiger partial charge in [0.2, 0.25) is 0 Å². The number of nitriles is 1. The minimum Gasteiger partial charge on any atom is -0.490 e. The summed E-state index contributed by atoms with van der Waals surface area (Å²) in [7, 11) is 0. The maximum atomic E-state index is 12.4. The topological polar surface area (TPSA) is 79.1 Å². The van der Waals surface area contributed by atoms with Crippen LogP contribution in [0, 0.1) is 11.3 Å². The van der Waals surface area contributed by atoms with Crippen molar-refractivity contribution in [3.8, 4) is 11.8 Å². The maximum absolute atomic E-state index is 12.4. The molecule has 1 aliphatic rings. The van der Waals surface area contributed by atoms with Crippen molar-refractivity contribution in [2.45, 2.75) is 37.8 Å². The van der Waals surface area contributed by atoms with Crippen LogP contribution < -0.4 is 4.74 Å². The molecule has 0 spiro atoms. The summed E-state index contributed by atoms with van der Waals surface area (Å²) in [6.45, 7) is 0. The molecule has 0 bridgehead atoms. The summed E-state index contributed by atoms with van der Waals surface area (Å²) in [5.74, 6) is 0.341. The van der Waals surface area contributed by atoms with Crippen LogP contribution in [0.15, 0.2) is 36.9 Å². The first kappa shape index (κ1) is 18.4. The Morgan fingerprint density at radius 1 is 1.23 bits per heavy atom. The molecule has 3 rings (SSSR count). The quantitative estimate of drug-likeness (QED) is 0.737. The number of aromatic nitrogens is 2. The van der Waals surface area contributed by atoms with Gasteiger partial charge < -0.3 is 4.74 Å². The summed E-state index contributed by atoms with van der Waals surface area (Å²) < 4.78 is 7.19. The molecule has 8 heteroatoms. The van der Waals surface area contributed by atoms with Crippen LogP contribution in [0.25, 0.3) is 0 Å². The average molecular weight is 391 g/mol. The van der Waals surface area contributed by atoms with Crippen LogP contribution in [-0.2, 0) is 0 Å². The van der Waals surface area contributed by atoms with Crippen LogP contribution in [0.4, 0.5) is 0 Å². The van der Waals surface area contributed by atoms with E-state index in [0.29, 0.717) is 21.9 Å². The molecule has 1 saturated carbocycles. The molecule has 0 saturated heterocycles. The van der Waals surface area contributed by atoms with Gasteiger partial charge in [-0.3, -0.25) is 4.79 Å². The molecule has 0 N–H and O–H groups in total. The van der Waals surface area contributed by atoms with Gasteiger partial charge in [0.05, 0.1) is 22.3 Å². The first-order chi connectivity index (χ1) is 12.6. The van der Waals surface area contributed by atoms with Gasteiger partial charge in [-0.25, -0.2) is 14.4 Å². The Hall–Kier alpha value is -2.36. The third-order valence-corrected chi connectivity index (χ3v) is 5.07. The van der Waals surface area contributed by atoms with E-state index in [4.69, 9.17) is 33.4 Å². The predicted octanol–water partition coefficient (Wildman–Crippen LogP) is 3.99. The lowest BCUT2D eigenvalue weighted by atomic mass is 9.92. The molecule has 1 aliphatic carbocycles. The highest BCUT2D eigenvalue weighted by atomic mass is 35.5. The minimum atomic E-state index is -0.296. The zero-order chi connectivity index (χ0) is 18.5. The molecular formula is C18H16Cl2N4O2. The van der Waals surface area contributed by atoms with Gasteiger partial charge in [-0.1, -0.05) is 11.6 Å². The van der Waals surface area contributed by atoms with Crippen molar-refractivity contribution in [1.29, 1.82) is 5.26 Å². The van der Waals surface area contributed by atoms with Crippen LogP contribution in [-0.4, -0.2) is 32.4 Å². The number of halogens is 2. The van der Waals surface area contributed by atoms with E-state index in [9.17, 15) is 4.79 Å². The fourth-order valence-electron chi connectivity index (χ4n) is 2.94. The lowest BCUT2D eigenvalue weighted by Crippen LogP contribution is -2.38. The molecule has 2 aromatic rings. The normalized spacial score (nSPS) is 19.4. The number of nitrogens with zero attached hydrogens (tertiary/aromatic N) is 4. The van der Waals surface area contributed by atoms with Gasteiger partial charge in [-0.2, -0.15) is 5.26 Å². The van der Waals surface area contributed by atoms with Gasteiger partial charge in [-0.15, -0.1) is 0 Å². The van der Waals surface area contributed by atoms with Crippen molar-refractivity contribution >= 4 is 29.3 Å². The second kappa shape index (κ2) is 8.35. The predicted molar refractivity (Wildman–Crippen MR) is 96.9 cm³/mol. The van der Waals surface area contributed by atoms with Gasteiger partial charge in [0.1, 0.15) is 18.1 Å². The van der Waals surface area contributed by atoms with Crippen molar-refractivity contribution in [2.75, 3.05) is 0 Å². The highest BCUT2D eigenvalue weighted by Crippen LogP contribution is 2.30. The first-order valence-corrected chi connectivity index (χ1v) is 8.90. The number of ether oxygens (including phenoxy) is 1. The zero-order valence-corrected chi connectivity index (χ0v) is 15.3. The smallest absolute Gasteiger partial charge is 0.271 e. The van der Waals surface area contributed by atoms with E-state index < -0.39 is 0 Å². The maximum Gasteiger partial charge on any atom is 0.271 e. The molecule has 6 nitrogen and oxygen atoms in total. The third kappa shape index (κ3) is 4.24. The number of hydrogen-bond acceptors (Lipinski definition) is 5. The summed E-state index contributed by atoms with van der Waals surface area (Å²) in [5.41, 5.74) is 0.789. The summed E-state index contributed by atoms with van der Waals surface area (Å²) in [5, 5.41) is 9.29. The molecule has 0 atom stereocenters. The minimum absolute atomic E-state index is 0.0236. The van der Waals surface area contributed by atoms with E-state index in [1.807, 2.05) is 6.07 Å². The Morgan fingerprint density at radius 3 is 2.54 bits per heavy atom. The molecule has 1 fully saturated rings. The van der Waals surface area contributed by atoms with Gasteiger partial charge in [0.25, 0.3) is 5.91 Å². The van der Waals surface area contributed by atoms with E-state index in [-0.39, 0.29) is 18.1 Å². The van der Waals surface area contributed by atoms with Crippen molar-refractivity contribution < 1.29 is 9.53 Å². The zero-order valence-electron chi connectivity index (χ0n) is 13.8. The Labute approximate surface area is 161 Å². The Kier molecular flexibility index (Phi) is 5.92. The Bertz CT molecular complexity index is 818. The van der Waals surface area contributed by atoms with Crippen LogP contribution in [0.5, 0.6) is 5.75 Å². The second-order valence-corrected chi connectivity index (χ2v) is 6.82. The number of benzene rings is 1. The van der Waals surface area contributed by atoms with E-state index in [0.717, 1.165) is 25.7 Å². The van der Waals surface area contributed by atoms with Crippen LogP contribution in [0.3, 0.4) is 0 Å². The second-order valence-electron chi connectivity index (χ2n) is 6.05. The molecule has 0 radical (unpaired) electrons. The van der Waals surface area contributed by atoms with E-state index in [1.54, 1.807) is 18.2 Å². The molecule has 1 amide bonds. The summed E-state index contributed by atoms with van der Waals surface area (Å²) in [4.78, 5) is 20.0. The van der Waals surface area contributed by atoms with Gasteiger partial charge in [0, 0.05) is 36.3 Å². The highest BCUT2D eigenvalue weighted by Gasteiger charge is 2.29. The third-order valence-electron chi connectivity index (χ3n) is 4.33. The van der Waals surface area contributed by atoms with Crippen LogP contribution >= 0.6 is 23.4 Å². The molecular weight excluding hydrogens is 375 g/mol. The fourth-order valence-corrected chi connectivity index (χ4v) is 3.45. The van der Waals surface area contributed by atoms with Crippen molar-refractivity contribution in [3.05, 3.63) is 53.1 Å². The standard InChI is InChI=1S/C18H16Cl2N4O2/c19-17-7-16(4-1-12(17)8-21)26-15-5-2-14(3-6-15)24(20)18(25)13-9-22-11-23-10-13/h1,4,7,9-11,14-15H,2-3,5-6H2. The Morgan fingerprint density at radius 2 is 1.92 bits per heavy atom. The summed E-state index contributed by atoms with van der Waals surface area (Å²) >= 11 is 12.3. The number of hydrogen-bond donors (Lipinski definition) is 0. The largest absolute Gasteiger partial charge is 0.490 e. The Balaban J connectivity index is 1.55. The van der Waals surface area contributed by atoms with Crippen molar-refractivity contribution in [2.24, 2.45) is 0 Å². The van der Waals surface area contributed by atoms with E-state index >= 15 is 0 Å². The molecule has 0 unspecified atom stereocenters. The van der Waals surface area contributed by atoms with E-state index in [2.05, 4.69) is 9.97 Å². The van der Waals surface area contributed by atoms with Gasteiger partial charge in [-0.05, 0) is 37.8 Å². The molecule has 1 aromatic carbocycles. The molecule has 26 heavy (non-hydrogen) atoms. The van der Waals surface area contributed by atoms with Crippen LogP contribution in [0.2, 0.25) is 5.02 Å². The summed E-state index contributed by atoms with van der Waals surface area (Å²) in [6.07, 6.45) is 7.30. The number of carbonyl (C=O) groups is 1. The molecule has 1 heterocycles.